The summed E-state index contributed by atoms with van der Waals surface area (Å²) in [4.78, 5) is 17.0. The van der Waals surface area contributed by atoms with Gasteiger partial charge in [-0.05, 0) is 36.2 Å². The van der Waals surface area contributed by atoms with Crippen molar-refractivity contribution in [2.45, 2.75) is 19.9 Å². The smallest absolute Gasteiger partial charge is 0.338 e. The molecular formula is C18H19FN4O2. The average Bonchev–Trinajstić information content (AvgIpc) is 3.15. The number of carbonyl (C=O) groups excluding carboxylic acids is 1. The largest absolute Gasteiger partial charge is 0.466 e. The van der Waals surface area contributed by atoms with E-state index in [-0.39, 0.29) is 17.8 Å². The summed E-state index contributed by atoms with van der Waals surface area (Å²) in [5, 5.41) is 7.44. The van der Waals surface area contributed by atoms with Crippen LogP contribution in [-0.2, 0) is 9.53 Å². The second-order valence-corrected chi connectivity index (χ2v) is 6.01. The molecule has 0 spiro atoms. The number of benzene rings is 1. The lowest BCUT2D eigenvalue weighted by Crippen LogP contribution is -2.47. The van der Waals surface area contributed by atoms with E-state index in [1.165, 1.54) is 19.2 Å². The van der Waals surface area contributed by atoms with Gasteiger partial charge in [0.2, 0.25) is 5.96 Å². The lowest BCUT2D eigenvalue weighted by molar-refractivity contribution is -0.136. The number of esters is 1. The van der Waals surface area contributed by atoms with Crippen molar-refractivity contribution in [3.05, 3.63) is 59.7 Å². The fraction of sp³-hybridized carbons (Fsp3) is 0.278. The van der Waals surface area contributed by atoms with Crippen LogP contribution in [0, 0.1) is 11.7 Å². The predicted octanol–water partition coefficient (Wildman–Crippen LogP) is 2.44. The lowest BCUT2D eigenvalue weighted by Gasteiger charge is -2.30. The van der Waals surface area contributed by atoms with E-state index in [2.05, 4.69) is 15.4 Å². The minimum absolute atomic E-state index is 0.0885. The van der Waals surface area contributed by atoms with Gasteiger partial charge in [0, 0.05) is 18.0 Å². The van der Waals surface area contributed by atoms with Crippen molar-refractivity contribution in [1.29, 1.82) is 0 Å². The van der Waals surface area contributed by atoms with Crippen molar-refractivity contribution in [2.75, 3.05) is 7.11 Å². The number of methoxy groups -OCH3 is 1. The fourth-order valence-electron chi connectivity index (χ4n) is 2.73. The van der Waals surface area contributed by atoms with Crippen LogP contribution in [0.3, 0.4) is 0 Å². The molecule has 1 unspecified atom stereocenters. The highest BCUT2D eigenvalue weighted by molar-refractivity contribution is 6.04. The summed E-state index contributed by atoms with van der Waals surface area (Å²) in [6.45, 7) is 3.99. The number of carbonyl (C=O) groups is 1. The van der Waals surface area contributed by atoms with E-state index in [0.29, 0.717) is 22.8 Å². The Balaban J connectivity index is 2.21. The van der Waals surface area contributed by atoms with E-state index in [9.17, 15) is 9.18 Å². The molecule has 1 atom stereocenters. The number of ether oxygens (including phenoxy) is 1. The maximum Gasteiger partial charge on any atom is 0.338 e. The molecule has 3 rings (SSSR count). The van der Waals surface area contributed by atoms with Gasteiger partial charge in [0.25, 0.3) is 0 Å². The van der Waals surface area contributed by atoms with Gasteiger partial charge in [-0.3, -0.25) is 0 Å². The zero-order chi connectivity index (χ0) is 18.0. The molecule has 0 radical (unpaired) electrons. The Labute approximate surface area is 145 Å². The second-order valence-electron chi connectivity index (χ2n) is 6.01. The SMILES string of the molecule is COC(=O)C1=C(c2ccc(F)cc2)N=C(n2cccn2)NC1C(C)C. The van der Waals surface area contributed by atoms with E-state index in [1.807, 2.05) is 13.8 Å². The summed E-state index contributed by atoms with van der Waals surface area (Å²) in [5.74, 6) is -0.232. The molecule has 1 aromatic carbocycles. The van der Waals surface area contributed by atoms with Gasteiger partial charge in [0.05, 0.1) is 24.4 Å². The van der Waals surface area contributed by atoms with Gasteiger partial charge in [-0.25, -0.2) is 18.9 Å². The number of rotatable bonds is 3. The third-order valence-electron chi connectivity index (χ3n) is 3.98. The lowest BCUT2D eigenvalue weighted by atomic mass is 9.91. The minimum atomic E-state index is -0.464. The molecular weight excluding hydrogens is 323 g/mol. The Hall–Kier alpha value is -2.96. The van der Waals surface area contributed by atoms with Crippen LogP contribution in [0.25, 0.3) is 5.70 Å². The number of hydrogen-bond donors (Lipinski definition) is 1. The van der Waals surface area contributed by atoms with Crippen LogP contribution in [0.4, 0.5) is 4.39 Å². The maximum absolute atomic E-state index is 13.3. The highest BCUT2D eigenvalue weighted by Gasteiger charge is 2.33. The molecule has 1 aliphatic heterocycles. The molecule has 0 bridgehead atoms. The first kappa shape index (κ1) is 16.9. The van der Waals surface area contributed by atoms with Gasteiger partial charge in [0.15, 0.2) is 0 Å². The van der Waals surface area contributed by atoms with E-state index >= 15 is 0 Å². The summed E-state index contributed by atoms with van der Waals surface area (Å²) in [5.41, 5.74) is 1.51. The van der Waals surface area contributed by atoms with Crippen LogP contribution in [0.15, 0.2) is 53.3 Å². The second kappa shape index (κ2) is 6.88. The summed E-state index contributed by atoms with van der Waals surface area (Å²) < 4.78 is 19.9. The monoisotopic (exact) mass is 342 g/mol. The van der Waals surface area contributed by atoms with Crippen molar-refractivity contribution in [3.8, 4) is 0 Å². The number of aromatic nitrogens is 2. The van der Waals surface area contributed by atoms with Crippen LogP contribution < -0.4 is 5.32 Å². The van der Waals surface area contributed by atoms with Crippen LogP contribution >= 0.6 is 0 Å². The Bertz CT molecular complexity index is 823. The molecule has 1 aromatic heterocycles. The van der Waals surface area contributed by atoms with Crippen molar-refractivity contribution in [3.63, 3.8) is 0 Å². The van der Waals surface area contributed by atoms with Crippen molar-refractivity contribution in [1.82, 2.24) is 15.1 Å². The summed E-state index contributed by atoms with van der Waals surface area (Å²) in [6.07, 6.45) is 3.40. The van der Waals surface area contributed by atoms with E-state index in [0.717, 1.165) is 0 Å². The van der Waals surface area contributed by atoms with Gasteiger partial charge in [-0.15, -0.1) is 0 Å². The molecule has 0 saturated heterocycles. The molecule has 0 amide bonds. The minimum Gasteiger partial charge on any atom is -0.466 e. The Kier molecular flexibility index (Phi) is 4.65. The van der Waals surface area contributed by atoms with Crippen LogP contribution in [0.5, 0.6) is 0 Å². The molecule has 1 aliphatic rings. The molecule has 25 heavy (non-hydrogen) atoms. The normalized spacial score (nSPS) is 17.3. The van der Waals surface area contributed by atoms with Gasteiger partial charge in [-0.2, -0.15) is 5.10 Å². The number of nitrogens with zero attached hydrogens (tertiary/aromatic N) is 3. The number of nitrogens with one attached hydrogen (secondary N) is 1. The summed E-state index contributed by atoms with van der Waals surface area (Å²) in [6, 6.07) is 7.34. The highest BCUT2D eigenvalue weighted by Crippen LogP contribution is 2.29. The van der Waals surface area contributed by atoms with Gasteiger partial charge in [-0.1, -0.05) is 13.8 Å². The van der Waals surface area contributed by atoms with Crippen molar-refractivity contribution < 1.29 is 13.9 Å². The zero-order valence-corrected chi connectivity index (χ0v) is 14.2. The van der Waals surface area contributed by atoms with E-state index < -0.39 is 5.97 Å². The molecule has 0 fully saturated rings. The molecule has 0 saturated carbocycles. The van der Waals surface area contributed by atoms with Gasteiger partial charge in [0.1, 0.15) is 5.82 Å². The average molecular weight is 342 g/mol. The van der Waals surface area contributed by atoms with E-state index in [1.54, 1.807) is 35.3 Å². The Morgan fingerprint density at radius 3 is 2.60 bits per heavy atom. The third kappa shape index (κ3) is 3.31. The maximum atomic E-state index is 13.3. The first-order valence-corrected chi connectivity index (χ1v) is 7.95. The van der Waals surface area contributed by atoms with Gasteiger partial charge >= 0.3 is 5.97 Å². The predicted molar refractivity (Wildman–Crippen MR) is 92.2 cm³/mol. The van der Waals surface area contributed by atoms with Crippen LogP contribution in [0.2, 0.25) is 0 Å². The van der Waals surface area contributed by atoms with Gasteiger partial charge < -0.3 is 10.1 Å². The van der Waals surface area contributed by atoms with E-state index in [4.69, 9.17) is 4.74 Å². The molecule has 7 heteroatoms. The first-order valence-electron chi connectivity index (χ1n) is 7.95. The third-order valence-corrected chi connectivity index (χ3v) is 3.98. The summed E-state index contributed by atoms with van der Waals surface area (Å²) >= 11 is 0. The molecule has 6 nitrogen and oxygen atoms in total. The zero-order valence-electron chi connectivity index (χ0n) is 14.2. The number of hydrogen-bond acceptors (Lipinski definition) is 5. The molecule has 2 aromatic rings. The molecule has 130 valence electrons. The van der Waals surface area contributed by atoms with Crippen molar-refractivity contribution >= 4 is 17.6 Å². The Morgan fingerprint density at radius 2 is 2.04 bits per heavy atom. The topological polar surface area (TPSA) is 68.5 Å². The quantitative estimate of drug-likeness (QED) is 0.870. The molecule has 2 heterocycles. The Morgan fingerprint density at radius 1 is 1.32 bits per heavy atom. The summed E-state index contributed by atoms with van der Waals surface area (Å²) in [7, 11) is 1.34. The van der Waals surface area contributed by atoms with Crippen molar-refractivity contribution in [2.24, 2.45) is 10.9 Å². The number of halogens is 1. The standard InChI is InChI=1S/C18H19FN4O2/c1-11(2)15-14(17(24)25-3)16(12-5-7-13(19)8-6-12)22-18(21-15)23-10-4-9-20-23/h4-11,15H,1-3H3,(H,21,22). The fourth-order valence-corrected chi connectivity index (χ4v) is 2.73. The number of aliphatic imine (C=N–C) groups is 1. The highest BCUT2D eigenvalue weighted by atomic mass is 19.1. The van der Waals surface area contributed by atoms with Crippen LogP contribution in [0.1, 0.15) is 19.4 Å². The first-order chi connectivity index (χ1) is 12.0. The molecule has 0 aliphatic carbocycles. The van der Waals surface area contributed by atoms with Crippen LogP contribution in [-0.4, -0.2) is 34.9 Å². The molecule has 1 N–H and O–H groups in total.